The molecule has 0 saturated carbocycles. The molecule has 0 aliphatic carbocycles. The van der Waals surface area contributed by atoms with Crippen LogP contribution in [0.5, 0.6) is 0 Å². The summed E-state index contributed by atoms with van der Waals surface area (Å²) in [5.41, 5.74) is 5.83. The van der Waals surface area contributed by atoms with Crippen molar-refractivity contribution in [3.8, 4) is 11.1 Å². The lowest BCUT2D eigenvalue weighted by molar-refractivity contribution is -0.111. The minimum Gasteiger partial charge on any atom is -0.355 e. The molecule has 0 spiro atoms. The van der Waals surface area contributed by atoms with E-state index in [9.17, 15) is 4.79 Å². The molecule has 1 fully saturated rings. The number of anilines is 1. The molecular formula is C22H23N3O. The summed E-state index contributed by atoms with van der Waals surface area (Å²) in [7, 11) is 0. The molecule has 0 radical (unpaired) electrons. The zero-order valence-electron chi connectivity index (χ0n) is 15.3. The van der Waals surface area contributed by atoms with E-state index in [1.165, 1.54) is 16.7 Å². The largest absolute Gasteiger partial charge is 0.355 e. The van der Waals surface area contributed by atoms with E-state index in [-0.39, 0.29) is 5.92 Å². The van der Waals surface area contributed by atoms with Gasteiger partial charge in [-0.25, -0.2) is 9.97 Å². The minimum absolute atomic E-state index is 0.0857. The average molecular weight is 345 g/mol. The van der Waals surface area contributed by atoms with Gasteiger partial charge in [0.1, 0.15) is 18.4 Å². The second-order valence-electron chi connectivity index (χ2n) is 7.18. The summed E-state index contributed by atoms with van der Waals surface area (Å²) < 4.78 is 0. The molecule has 132 valence electrons. The van der Waals surface area contributed by atoms with Crippen LogP contribution >= 0.6 is 0 Å². The van der Waals surface area contributed by atoms with E-state index in [1.807, 2.05) is 12.1 Å². The van der Waals surface area contributed by atoms with Gasteiger partial charge in [-0.05, 0) is 55.0 Å². The van der Waals surface area contributed by atoms with Crippen molar-refractivity contribution in [1.82, 2.24) is 9.97 Å². The Morgan fingerprint density at radius 3 is 2.81 bits per heavy atom. The van der Waals surface area contributed by atoms with E-state index in [4.69, 9.17) is 0 Å². The number of carbonyl (C=O) groups is 1. The van der Waals surface area contributed by atoms with E-state index in [0.29, 0.717) is 0 Å². The number of benzene rings is 2. The summed E-state index contributed by atoms with van der Waals surface area (Å²) in [6.45, 7) is 5.93. The summed E-state index contributed by atoms with van der Waals surface area (Å²) >= 11 is 0. The van der Waals surface area contributed by atoms with Crippen molar-refractivity contribution in [1.29, 1.82) is 0 Å². The highest BCUT2D eigenvalue weighted by atomic mass is 16.1. The zero-order valence-corrected chi connectivity index (χ0v) is 15.3. The first-order valence-electron chi connectivity index (χ1n) is 9.19. The van der Waals surface area contributed by atoms with Gasteiger partial charge in [0.2, 0.25) is 0 Å². The van der Waals surface area contributed by atoms with Crippen molar-refractivity contribution in [2.45, 2.75) is 26.7 Å². The molecule has 26 heavy (non-hydrogen) atoms. The summed E-state index contributed by atoms with van der Waals surface area (Å²) in [6, 6.07) is 12.8. The fourth-order valence-electron chi connectivity index (χ4n) is 3.80. The smallest absolute Gasteiger partial charge is 0.140 e. The number of aldehydes is 1. The van der Waals surface area contributed by atoms with Gasteiger partial charge in [0.25, 0.3) is 0 Å². The maximum atomic E-state index is 11.3. The maximum absolute atomic E-state index is 11.3. The van der Waals surface area contributed by atoms with Gasteiger partial charge in [0, 0.05) is 19.0 Å². The van der Waals surface area contributed by atoms with Crippen molar-refractivity contribution in [2.75, 3.05) is 18.0 Å². The van der Waals surface area contributed by atoms with Gasteiger partial charge in [0.15, 0.2) is 0 Å². The number of carbonyl (C=O) groups excluding carboxylic acids is 1. The molecule has 1 saturated heterocycles. The van der Waals surface area contributed by atoms with Crippen molar-refractivity contribution >= 4 is 23.0 Å². The van der Waals surface area contributed by atoms with Gasteiger partial charge in [-0.2, -0.15) is 0 Å². The van der Waals surface area contributed by atoms with Gasteiger partial charge < -0.3 is 9.69 Å². The van der Waals surface area contributed by atoms with Crippen molar-refractivity contribution in [3.63, 3.8) is 0 Å². The average Bonchev–Trinajstić information content (AvgIpc) is 2.69. The molecule has 1 aromatic heterocycles. The Labute approximate surface area is 153 Å². The molecular weight excluding hydrogens is 322 g/mol. The molecule has 0 amide bonds. The third-order valence-corrected chi connectivity index (χ3v) is 5.41. The fourth-order valence-corrected chi connectivity index (χ4v) is 3.80. The molecule has 3 aromatic rings. The predicted molar refractivity (Wildman–Crippen MR) is 105 cm³/mol. The third kappa shape index (κ3) is 2.96. The Kier molecular flexibility index (Phi) is 4.41. The number of hydrogen-bond acceptors (Lipinski definition) is 4. The molecule has 2 aromatic carbocycles. The molecule has 1 aliphatic heterocycles. The van der Waals surface area contributed by atoms with Crippen LogP contribution in [-0.2, 0) is 4.79 Å². The number of fused-ring (bicyclic) bond motifs is 1. The fraction of sp³-hybridized carbons (Fsp3) is 0.318. The molecule has 4 rings (SSSR count). The number of aryl methyl sites for hydroxylation is 2. The molecule has 1 unspecified atom stereocenters. The quantitative estimate of drug-likeness (QED) is 0.663. The predicted octanol–water partition coefficient (Wildman–Crippen LogP) is 4.33. The highest BCUT2D eigenvalue weighted by molar-refractivity contribution is 6.02. The Morgan fingerprint density at radius 2 is 2.00 bits per heavy atom. The second-order valence-corrected chi connectivity index (χ2v) is 7.18. The van der Waals surface area contributed by atoms with Crippen molar-refractivity contribution in [3.05, 3.63) is 53.9 Å². The Morgan fingerprint density at radius 1 is 1.12 bits per heavy atom. The third-order valence-electron chi connectivity index (χ3n) is 5.41. The van der Waals surface area contributed by atoms with Crippen LogP contribution in [0.3, 0.4) is 0 Å². The maximum Gasteiger partial charge on any atom is 0.140 e. The zero-order chi connectivity index (χ0) is 18.1. The van der Waals surface area contributed by atoms with Crippen LogP contribution in [0.1, 0.15) is 24.0 Å². The SMILES string of the molecule is Cc1ccc(-c2cccc3ncnc(N4CCCC(C=O)C4)c23)cc1C. The number of aromatic nitrogens is 2. The van der Waals surface area contributed by atoms with E-state index in [1.54, 1.807) is 6.33 Å². The Bertz CT molecular complexity index is 962. The van der Waals surface area contributed by atoms with Crippen LogP contribution in [0.2, 0.25) is 0 Å². The van der Waals surface area contributed by atoms with Crippen LogP contribution in [-0.4, -0.2) is 29.3 Å². The Hall–Kier alpha value is -2.75. The first kappa shape index (κ1) is 16.7. The second kappa shape index (κ2) is 6.87. The topological polar surface area (TPSA) is 46.1 Å². The van der Waals surface area contributed by atoms with E-state index < -0.39 is 0 Å². The van der Waals surface area contributed by atoms with Crippen LogP contribution < -0.4 is 4.90 Å². The van der Waals surface area contributed by atoms with Gasteiger partial charge in [-0.1, -0.05) is 30.3 Å². The van der Waals surface area contributed by atoms with Crippen LogP contribution in [0.25, 0.3) is 22.0 Å². The molecule has 1 aliphatic rings. The van der Waals surface area contributed by atoms with Gasteiger partial charge in [-0.15, -0.1) is 0 Å². The standard InChI is InChI=1S/C22H23N3O/c1-15-8-9-18(11-16(15)2)19-6-3-7-20-21(19)22(24-14-23-20)25-10-4-5-17(12-25)13-26/h3,6-9,11,13-14,17H,4-5,10,12H2,1-2H3. The molecule has 0 N–H and O–H groups in total. The molecule has 0 bridgehead atoms. The lowest BCUT2D eigenvalue weighted by Gasteiger charge is -2.32. The molecule has 1 atom stereocenters. The molecule has 2 heterocycles. The van der Waals surface area contributed by atoms with E-state index in [0.717, 1.165) is 54.5 Å². The molecule has 4 heteroatoms. The number of piperidine rings is 1. The van der Waals surface area contributed by atoms with E-state index in [2.05, 4.69) is 53.0 Å². The first-order valence-corrected chi connectivity index (χ1v) is 9.19. The van der Waals surface area contributed by atoms with Crippen LogP contribution in [0.4, 0.5) is 5.82 Å². The number of nitrogens with zero attached hydrogens (tertiary/aromatic N) is 3. The minimum atomic E-state index is 0.0857. The summed E-state index contributed by atoms with van der Waals surface area (Å²) in [5.74, 6) is 1.03. The molecule has 4 nitrogen and oxygen atoms in total. The highest BCUT2D eigenvalue weighted by Gasteiger charge is 2.23. The van der Waals surface area contributed by atoms with Crippen molar-refractivity contribution in [2.24, 2.45) is 5.92 Å². The lowest BCUT2D eigenvalue weighted by atomic mass is 9.96. The number of hydrogen-bond donors (Lipinski definition) is 0. The summed E-state index contributed by atoms with van der Waals surface area (Å²) in [4.78, 5) is 22.7. The highest BCUT2D eigenvalue weighted by Crippen LogP contribution is 2.35. The lowest BCUT2D eigenvalue weighted by Crippen LogP contribution is -2.36. The van der Waals surface area contributed by atoms with Gasteiger partial charge in [0.05, 0.1) is 10.9 Å². The monoisotopic (exact) mass is 345 g/mol. The summed E-state index contributed by atoms with van der Waals surface area (Å²) in [5, 5.41) is 1.07. The first-order chi connectivity index (χ1) is 12.7. The normalized spacial score (nSPS) is 17.5. The van der Waals surface area contributed by atoms with E-state index >= 15 is 0 Å². The van der Waals surface area contributed by atoms with Gasteiger partial charge >= 0.3 is 0 Å². The van der Waals surface area contributed by atoms with Crippen molar-refractivity contribution < 1.29 is 4.79 Å². The van der Waals surface area contributed by atoms with Crippen LogP contribution in [0, 0.1) is 19.8 Å². The number of rotatable bonds is 3. The van der Waals surface area contributed by atoms with Gasteiger partial charge in [-0.3, -0.25) is 0 Å². The summed E-state index contributed by atoms with van der Waals surface area (Å²) in [6.07, 6.45) is 4.69. The Balaban J connectivity index is 1.89. The van der Waals surface area contributed by atoms with Crippen LogP contribution in [0.15, 0.2) is 42.7 Å².